The third-order valence-electron chi connectivity index (χ3n) is 8.53. The van der Waals surface area contributed by atoms with Crippen LogP contribution in [0.1, 0.15) is 40.0 Å². The van der Waals surface area contributed by atoms with E-state index >= 15 is 0 Å². The number of aromatic nitrogens is 4. The fourth-order valence-corrected chi connectivity index (χ4v) is 7.56. The van der Waals surface area contributed by atoms with Crippen LogP contribution in [0.5, 0.6) is 5.75 Å². The maximum absolute atomic E-state index is 14.6. The van der Waals surface area contributed by atoms with Gasteiger partial charge >= 0.3 is 12.1 Å². The summed E-state index contributed by atoms with van der Waals surface area (Å²) in [6.07, 6.45) is -3.08. The van der Waals surface area contributed by atoms with Gasteiger partial charge in [0.2, 0.25) is 0 Å². The normalized spacial score (nSPS) is 12.6. The number of carboxylic acids is 1. The quantitative estimate of drug-likeness (QED) is 0.168. The van der Waals surface area contributed by atoms with Gasteiger partial charge in [0.1, 0.15) is 30.1 Å². The lowest BCUT2D eigenvalue weighted by atomic mass is 9.89. The van der Waals surface area contributed by atoms with Crippen LogP contribution in [0.25, 0.3) is 43.4 Å². The Morgan fingerprint density at radius 1 is 1.18 bits per heavy atom. The molecule has 0 aliphatic carbocycles. The molecule has 7 rings (SSSR count). The average molecular weight is 719 g/mol. The average Bonchev–Trinajstić information content (AvgIpc) is 3.73. The number of hydrogen-bond donors (Lipinski definition) is 2. The molecule has 6 aromatic rings. The smallest absolute Gasteiger partial charge is 0.417 e. The predicted molar refractivity (Wildman–Crippen MR) is 185 cm³/mol. The number of nitrogens with one attached hydrogen (secondary N) is 1. The van der Waals surface area contributed by atoms with Crippen LogP contribution in [0.3, 0.4) is 0 Å². The van der Waals surface area contributed by atoms with Gasteiger partial charge in [0, 0.05) is 52.5 Å². The highest BCUT2D eigenvalue weighted by Gasteiger charge is 2.38. The molecule has 0 amide bonds. The number of hydrogen-bond acceptors (Lipinski definition) is 9. The SMILES string of the molecule is Cc1cc(-c2cc(Cl)ccc2OCCn2c(C)nc3cc(C(F)(F)F)c(-c4ccnc5c4CCN5)c(C#N)c3c2=O)c2scc(C(=O)O)c2n1.[HH]. The number of carbonyl (C=O) groups is 1. The van der Waals surface area contributed by atoms with E-state index in [1.165, 1.54) is 40.5 Å². The maximum Gasteiger partial charge on any atom is 0.417 e. The lowest BCUT2D eigenvalue weighted by Gasteiger charge is -2.19. The number of pyridine rings is 2. The van der Waals surface area contributed by atoms with E-state index in [9.17, 15) is 33.1 Å². The number of halogens is 4. The third-order valence-corrected chi connectivity index (χ3v) is 9.77. The number of aryl methyl sites for hydroxylation is 2. The van der Waals surface area contributed by atoms with E-state index in [1.54, 1.807) is 31.2 Å². The highest BCUT2D eigenvalue weighted by molar-refractivity contribution is 7.18. The number of fused-ring (bicyclic) bond motifs is 3. The fraction of sp³-hybridized carbons (Fsp3) is 0.200. The van der Waals surface area contributed by atoms with Crippen LogP contribution >= 0.6 is 22.9 Å². The molecule has 15 heteroatoms. The molecule has 5 heterocycles. The molecule has 50 heavy (non-hydrogen) atoms. The van der Waals surface area contributed by atoms with Crippen LogP contribution < -0.4 is 15.6 Å². The van der Waals surface area contributed by atoms with E-state index in [2.05, 4.69) is 20.3 Å². The van der Waals surface area contributed by atoms with Gasteiger partial charge in [-0.2, -0.15) is 18.4 Å². The van der Waals surface area contributed by atoms with Gasteiger partial charge < -0.3 is 15.2 Å². The summed E-state index contributed by atoms with van der Waals surface area (Å²) < 4.78 is 51.7. The lowest BCUT2D eigenvalue weighted by molar-refractivity contribution is -0.137. The molecule has 10 nitrogen and oxygen atoms in total. The highest BCUT2D eigenvalue weighted by Crippen LogP contribution is 2.44. The van der Waals surface area contributed by atoms with Crippen molar-refractivity contribution in [1.82, 2.24) is 19.5 Å². The second-order valence-electron chi connectivity index (χ2n) is 11.6. The number of anilines is 1. The van der Waals surface area contributed by atoms with E-state index in [0.717, 1.165) is 6.07 Å². The van der Waals surface area contributed by atoms with Crippen LogP contribution in [0.4, 0.5) is 19.0 Å². The van der Waals surface area contributed by atoms with Gasteiger partial charge in [-0.1, -0.05) is 11.6 Å². The summed E-state index contributed by atoms with van der Waals surface area (Å²) in [6.45, 7) is 3.59. The number of carboxylic acid groups (broad SMARTS) is 1. The third kappa shape index (κ3) is 5.58. The minimum absolute atomic E-state index is 0. The van der Waals surface area contributed by atoms with E-state index in [4.69, 9.17) is 16.3 Å². The van der Waals surface area contributed by atoms with E-state index in [1.807, 2.05) is 6.07 Å². The summed E-state index contributed by atoms with van der Waals surface area (Å²) in [7, 11) is 0. The lowest BCUT2D eigenvalue weighted by Crippen LogP contribution is -2.27. The second-order valence-corrected chi connectivity index (χ2v) is 12.9. The summed E-state index contributed by atoms with van der Waals surface area (Å²) in [5, 5.41) is 24.7. The monoisotopic (exact) mass is 718 g/mol. The number of alkyl halides is 3. The topological polar surface area (TPSA) is 143 Å². The molecule has 0 atom stereocenters. The number of benzene rings is 2. The van der Waals surface area contributed by atoms with Crippen molar-refractivity contribution in [3.63, 3.8) is 0 Å². The number of ether oxygens (including phenoxy) is 1. The van der Waals surface area contributed by atoms with Crippen molar-refractivity contribution < 1.29 is 29.2 Å². The highest BCUT2D eigenvalue weighted by atomic mass is 35.5. The number of thiophene rings is 1. The zero-order valence-electron chi connectivity index (χ0n) is 26.3. The van der Waals surface area contributed by atoms with Crippen molar-refractivity contribution in [3.8, 4) is 34.1 Å². The van der Waals surface area contributed by atoms with Crippen LogP contribution in [-0.2, 0) is 19.1 Å². The molecular weight excluding hydrogens is 693 g/mol. The van der Waals surface area contributed by atoms with E-state index < -0.39 is 28.8 Å². The van der Waals surface area contributed by atoms with Crippen LogP contribution in [0.15, 0.2) is 52.8 Å². The Labute approximate surface area is 291 Å². The summed E-state index contributed by atoms with van der Waals surface area (Å²) in [5.41, 5.74) is 0.138. The fourth-order valence-electron chi connectivity index (χ4n) is 6.38. The van der Waals surface area contributed by atoms with Gasteiger partial charge in [-0.25, -0.2) is 14.8 Å². The minimum Gasteiger partial charge on any atom is -0.491 e. The number of nitrogens with zero attached hydrogens (tertiary/aromatic N) is 5. The van der Waals surface area contributed by atoms with E-state index in [-0.39, 0.29) is 48.0 Å². The van der Waals surface area contributed by atoms with Gasteiger partial charge in [-0.3, -0.25) is 14.3 Å². The molecule has 0 fully saturated rings. The molecular formula is C35H26ClF3N6O4S. The van der Waals surface area contributed by atoms with Gasteiger partial charge in [0.15, 0.2) is 0 Å². The summed E-state index contributed by atoms with van der Waals surface area (Å²) in [6, 6.07) is 10.9. The molecule has 0 unspecified atom stereocenters. The molecule has 2 aromatic carbocycles. The molecule has 0 radical (unpaired) electrons. The molecule has 0 saturated heterocycles. The van der Waals surface area contributed by atoms with Gasteiger partial charge in [0.05, 0.1) is 44.4 Å². The molecule has 0 bridgehead atoms. The molecule has 1 aliphatic rings. The van der Waals surface area contributed by atoms with Crippen molar-refractivity contribution in [2.45, 2.75) is 33.0 Å². The van der Waals surface area contributed by atoms with Crippen LogP contribution in [0, 0.1) is 25.2 Å². The van der Waals surface area contributed by atoms with Crippen LogP contribution in [0.2, 0.25) is 5.02 Å². The molecule has 0 spiro atoms. The van der Waals surface area contributed by atoms with Crippen molar-refractivity contribution in [1.29, 1.82) is 5.26 Å². The number of rotatable bonds is 7. The van der Waals surface area contributed by atoms with Crippen molar-refractivity contribution in [2.75, 3.05) is 18.5 Å². The first-order chi connectivity index (χ1) is 23.9. The van der Waals surface area contributed by atoms with Gasteiger partial charge in [-0.05, 0) is 62.2 Å². The van der Waals surface area contributed by atoms with Gasteiger partial charge in [0.25, 0.3) is 5.56 Å². The molecule has 0 saturated carbocycles. The van der Waals surface area contributed by atoms with E-state index in [0.29, 0.717) is 62.2 Å². The Morgan fingerprint density at radius 2 is 1.98 bits per heavy atom. The molecule has 1 aliphatic heterocycles. The Balaban J connectivity index is 0.00000448. The Hall–Kier alpha value is -5.52. The predicted octanol–water partition coefficient (Wildman–Crippen LogP) is 7.89. The molecule has 4 aromatic heterocycles. The van der Waals surface area contributed by atoms with Crippen LogP contribution in [-0.4, -0.2) is 43.7 Å². The Kier molecular flexibility index (Phi) is 8.20. The summed E-state index contributed by atoms with van der Waals surface area (Å²) in [5.74, 6) is -0.147. The largest absolute Gasteiger partial charge is 0.491 e. The standard InChI is InChI=1S/C35H24ClF3N6O4S.H2/c1-16-11-22(31-30(43-16)24(15-50-31)34(47)48)21-12-18(36)3-4-27(21)49-10-9-45-17(2)44-26-13-25(35(37,38)39)28(23(14-40)29(26)33(45)46)19-5-7-41-32-20(19)6-8-42-32;/h3-5,7,11-13,15H,6,8-10H2,1-2H3,(H,41,42)(H,47,48);1H. The zero-order chi connectivity index (χ0) is 35.5. The molecule has 2 N–H and O–H groups in total. The first-order valence-corrected chi connectivity index (χ1v) is 16.5. The Morgan fingerprint density at radius 3 is 2.72 bits per heavy atom. The summed E-state index contributed by atoms with van der Waals surface area (Å²) >= 11 is 7.60. The minimum atomic E-state index is -4.84. The Bertz CT molecular complexity index is 2510. The number of aromatic carboxylic acids is 1. The van der Waals surface area contributed by atoms with Crippen molar-refractivity contribution in [2.24, 2.45) is 0 Å². The van der Waals surface area contributed by atoms with Gasteiger partial charge in [-0.15, -0.1) is 11.3 Å². The first-order valence-electron chi connectivity index (χ1n) is 15.2. The zero-order valence-corrected chi connectivity index (χ0v) is 27.8. The summed E-state index contributed by atoms with van der Waals surface area (Å²) in [4.78, 5) is 38.9. The first kappa shape index (κ1) is 33.0. The molecule has 254 valence electrons. The van der Waals surface area contributed by atoms with Crippen molar-refractivity contribution >= 4 is 55.8 Å². The second kappa shape index (κ2) is 12.4. The maximum atomic E-state index is 14.6. The van der Waals surface area contributed by atoms with Crippen molar-refractivity contribution in [3.05, 3.63) is 97.1 Å². The number of nitriles is 1.